The molecule has 3 N–H and O–H groups in total. The first kappa shape index (κ1) is 14.6. The van der Waals surface area contributed by atoms with Gasteiger partial charge in [-0.2, -0.15) is 0 Å². The zero-order chi connectivity index (χ0) is 14.9. The first-order valence-corrected chi connectivity index (χ1v) is 7.50. The Kier molecular flexibility index (Phi) is 3.87. The highest BCUT2D eigenvalue weighted by atomic mass is 35.5. The number of hydrogen-bond donors (Lipinski definition) is 2. The second-order valence-corrected chi connectivity index (χ2v) is 6.30. The van der Waals surface area contributed by atoms with E-state index in [0.717, 1.165) is 6.07 Å². The molecule has 0 aromatic heterocycles. The van der Waals surface area contributed by atoms with Crippen molar-refractivity contribution in [3.63, 3.8) is 0 Å². The number of nitrogens with two attached hydrogens (primary N) is 1. The largest absolute Gasteiger partial charge is 0.395 e. The van der Waals surface area contributed by atoms with Crippen LogP contribution in [0.15, 0.2) is 41.3 Å². The average molecular weight is 315 g/mol. The van der Waals surface area contributed by atoms with Crippen LogP contribution in [-0.4, -0.2) is 8.42 Å². The number of nitrogen functional groups attached to an aromatic ring is 1. The van der Waals surface area contributed by atoms with Gasteiger partial charge in [0, 0.05) is 5.02 Å². The SMILES string of the molecule is Cc1cc(Cl)ccc1NS(=O)(=O)c1cccc(F)c1N. The van der Waals surface area contributed by atoms with Gasteiger partial charge in [0.25, 0.3) is 10.0 Å². The van der Waals surface area contributed by atoms with Gasteiger partial charge in [-0.15, -0.1) is 0 Å². The van der Waals surface area contributed by atoms with E-state index in [4.69, 9.17) is 17.3 Å². The topological polar surface area (TPSA) is 72.2 Å². The Labute approximate surface area is 121 Å². The summed E-state index contributed by atoms with van der Waals surface area (Å²) >= 11 is 5.80. The summed E-state index contributed by atoms with van der Waals surface area (Å²) in [4.78, 5) is -0.299. The van der Waals surface area contributed by atoms with Gasteiger partial charge in [-0.25, -0.2) is 12.8 Å². The number of benzene rings is 2. The van der Waals surface area contributed by atoms with Crippen molar-refractivity contribution in [2.24, 2.45) is 0 Å². The molecule has 0 atom stereocenters. The lowest BCUT2D eigenvalue weighted by atomic mass is 10.2. The Hall–Kier alpha value is -1.79. The molecule has 2 aromatic rings. The van der Waals surface area contributed by atoms with Gasteiger partial charge in [0.1, 0.15) is 10.7 Å². The summed E-state index contributed by atoms with van der Waals surface area (Å²) in [5.41, 5.74) is 6.07. The summed E-state index contributed by atoms with van der Waals surface area (Å²) in [5, 5.41) is 0.496. The Balaban J connectivity index is 2.44. The van der Waals surface area contributed by atoms with Gasteiger partial charge in [0.15, 0.2) is 0 Å². The van der Waals surface area contributed by atoms with Crippen LogP contribution >= 0.6 is 11.6 Å². The Morgan fingerprint density at radius 1 is 1.25 bits per heavy atom. The average Bonchev–Trinajstić information content (AvgIpc) is 2.36. The minimum atomic E-state index is -3.96. The second-order valence-electron chi connectivity index (χ2n) is 4.22. The predicted octanol–water partition coefficient (Wildman–Crippen LogP) is 3.17. The molecule has 4 nitrogen and oxygen atoms in total. The van der Waals surface area contributed by atoms with Crippen LogP contribution in [0.25, 0.3) is 0 Å². The summed E-state index contributed by atoms with van der Waals surface area (Å²) in [7, 11) is -3.96. The number of anilines is 2. The molecule has 0 fully saturated rings. The molecule has 0 unspecified atom stereocenters. The number of hydrogen-bond acceptors (Lipinski definition) is 3. The maximum atomic E-state index is 13.3. The van der Waals surface area contributed by atoms with Crippen LogP contribution in [0.2, 0.25) is 5.02 Å². The van der Waals surface area contributed by atoms with Crippen molar-refractivity contribution < 1.29 is 12.8 Å². The molecule has 0 aliphatic rings. The van der Waals surface area contributed by atoms with Crippen molar-refractivity contribution in [3.05, 3.63) is 52.8 Å². The van der Waals surface area contributed by atoms with Gasteiger partial charge >= 0.3 is 0 Å². The third-order valence-corrected chi connectivity index (χ3v) is 4.39. The summed E-state index contributed by atoms with van der Waals surface area (Å²) in [6, 6.07) is 8.34. The molecule has 0 heterocycles. The number of halogens is 2. The van der Waals surface area contributed by atoms with Crippen molar-refractivity contribution in [3.8, 4) is 0 Å². The number of rotatable bonds is 3. The lowest BCUT2D eigenvalue weighted by Gasteiger charge is -2.12. The fourth-order valence-corrected chi connectivity index (χ4v) is 3.19. The molecule has 0 amide bonds. The van der Waals surface area contributed by atoms with Crippen molar-refractivity contribution >= 4 is 33.0 Å². The van der Waals surface area contributed by atoms with Crippen LogP contribution in [0.4, 0.5) is 15.8 Å². The number of sulfonamides is 1. The first-order valence-electron chi connectivity index (χ1n) is 5.64. The normalized spacial score (nSPS) is 11.3. The van der Waals surface area contributed by atoms with E-state index in [9.17, 15) is 12.8 Å². The molecule has 2 rings (SSSR count). The van der Waals surface area contributed by atoms with Gasteiger partial charge in [0.05, 0.1) is 11.4 Å². The minimum absolute atomic E-state index is 0.299. The minimum Gasteiger partial charge on any atom is -0.395 e. The quantitative estimate of drug-likeness (QED) is 0.855. The smallest absolute Gasteiger partial charge is 0.264 e. The van der Waals surface area contributed by atoms with Gasteiger partial charge in [-0.3, -0.25) is 4.72 Å². The van der Waals surface area contributed by atoms with Gasteiger partial charge in [-0.05, 0) is 42.8 Å². The Morgan fingerprint density at radius 3 is 2.60 bits per heavy atom. The molecule has 7 heteroatoms. The maximum absolute atomic E-state index is 13.3. The molecule has 0 aliphatic heterocycles. The van der Waals surface area contributed by atoms with Crippen LogP contribution in [-0.2, 0) is 10.0 Å². The maximum Gasteiger partial charge on any atom is 0.264 e. The van der Waals surface area contributed by atoms with Crippen LogP contribution in [0.5, 0.6) is 0 Å². The lowest BCUT2D eigenvalue weighted by Crippen LogP contribution is -2.16. The van der Waals surface area contributed by atoms with Gasteiger partial charge in [0.2, 0.25) is 0 Å². The fraction of sp³-hybridized carbons (Fsp3) is 0.0769. The number of para-hydroxylation sites is 1. The van der Waals surface area contributed by atoms with Crippen molar-refractivity contribution in [2.75, 3.05) is 10.5 Å². The second kappa shape index (κ2) is 5.30. The molecule has 0 saturated carbocycles. The van der Waals surface area contributed by atoms with E-state index in [2.05, 4.69) is 4.72 Å². The molecule has 0 saturated heterocycles. The molecule has 0 bridgehead atoms. The highest BCUT2D eigenvalue weighted by Gasteiger charge is 2.20. The highest BCUT2D eigenvalue weighted by Crippen LogP contribution is 2.26. The van der Waals surface area contributed by atoms with Crippen LogP contribution < -0.4 is 10.5 Å². The van der Waals surface area contributed by atoms with E-state index < -0.39 is 21.5 Å². The van der Waals surface area contributed by atoms with E-state index >= 15 is 0 Å². The molecule has 20 heavy (non-hydrogen) atoms. The number of nitrogens with one attached hydrogen (secondary N) is 1. The fourth-order valence-electron chi connectivity index (χ4n) is 1.69. The molecular weight excluding hydrogens is 303 g/mol. The van der Waals surface area contributed by atoms with Crippen LogP contribution in [0.1, 0.15) is 5.56 Å². The van der Waals surface area contributed by atoms with Crippen molar-refractivity contribution in [2.45, 2.75) is 11.8 Å². The van der Waals surface area contributed by atoms with E-state index in [1.165, 1.54) is 18.2 Å². The van der Waals surface area contributed by atoms with E-state index in [0.29, 0.717) is 16.3 Å². The Bertz CT molecular complexity index is 763. The van der Waals surface area contributed by atoms with Crippen LogP contribution in [0.3, 0.4) is 0 Å². The lowest BCUT2D eigenvalue weighted by molar-refractivity contribution is 0.597. The molecule has 0 aliphatic carbocycles. The summed E-state index contributed by atoms with van der Waals surface area (Å²) in [6.07, 6.45) is 0. The van der Waals surface area contributed by atoms with Gasteiger partial charge in [-0.1, -0.05) is 17.7 Å². The highest BCUT2D eigenvalue weighted by molar-refractivity contribution is 7.92. The monoisotopic (exact) mass is 314 g/mol. The summed E-state index contributed by atoms with van der Waals surface area (Å²) < 4.78 is 40.2. The zero-order valence-electron chi connectivity index (χ0n) is 10.5. The zero-order valence-corrected chi connectivity index (χ0v) is 12.1. The molecule has 0 radical (unpaired) electrons. The Morgan fingerprint density at radius 2 is 1.95 bits per heavy atom. The molecule has 2 aromatic carbocycles. The van der Waals surface area contributed by atoms with Crippen molar-refractivity contribution in [1.82, 2.24) is 0 Å². The summed E-state index contributed by atoms with van der Waals surface area (Å²) in [6.45, 7) is 1.71. The van der Waals surface area contributed by atoms with Crippen molar-refractivity contribution in [1.29, 1.82) is 0 Å². The predicted molar refractivity (Wildman–Crippen MR) is 77.8 cm³/mol. The van der Waals surface area contributed by atoms with Crippen LogP contribution in [0, 0.1) is 12.7 Å². The summed E-state index contributed by atoms with van der Waals surface area (Å²) in [5.74, 6) is -0.777. The molecule has 0 spiro atoms. The third-order valence-electron chi connectivity index (χ3n) is 2.74. The first-order chi connectivity index (χ1) is 9.31. The van der Waals surface area contributed by atoms with E-state index in [1.807, 2.05) is 0 Å². The standard InChI is InChI=1S/C13H12ClFN2O2S/c1-8-7-9(14)5-6-11(8)17-20(18,19)12-4-2-3-10(15)13(12)16/h2-7,17H,16H2,1H3. The van der Waals surface area contributed by atoms with Gasteiger partial charge < -0.3 is 5.73 Å². The molecule has 106 valence electrons. The molecular formula is C13H12ClFN2O2S. The third kappa shape index (κ3) is 2.86. The van der Waals surface area contributed by atoms with E-state index in [-0.39, 0.29) is 4.90 Å². The number of aryl methyl sites for hydroxylation is 1. The van der Waals surface area contributed by atoms with E-state index in [1.54, 1.807) is 19.1 Å².